The number of para-hydroxylation sites is 1. The third-order valence-corrected chi connectivity index (χ3v) is 5.57. The highest BCUT2D eigenvalue weighted by Gasteiger charge is 2.19. The van der Waals surface area contributed by atoms with E-state index in [2.05, 4.69) is 60.6 Å². The number of benzene rings is 2. The van der Waals surface area contributed by atoms with Gasteiger partial charge in [0.1, 0.15) is 0 Å². The minimum absolute atomic E-state index is 0. The Labute approximate surface area is 197 Å². The number of hydrogen-bond acceptors (Lipinski definition) is 2. The minimum atomic E-state index is 0. The number of anilines is 1. The van der Waals surface area contributed by atoms with Crippen molar-refractivity contribution >= 4 is 41.5 Å². The zero-order valence-electron chi connectivity index (χ0n) is 18.0. The number of amides is 1. The normalized spacial score (nSPS) is 13.4. The fraction of sp³-hybridized carbons (Fsp3) is 0.417. The van der Waals surface area contributed by atoms with Crippen LogP contribution < -0.4 is 11.1 Å². The molecule has 1 aliphatic heterocycles. The number of carbonyl (C=O) groups is 1. The first kappa shape index (κ1) is 24.2. The van der Waals surface area contributed by atoms with Crippen LogP contribution in [0.4, 0.5) is 5.69 Å². The predicted octanol–water partition coefficient (Wildman–Crippen LogP) is 4.52. The number of rotatable bonds is 7. The molecule has 2 aromatic rings. The van der Waals surface area contributed by atoms with E-state index in [1.165, 1.54) is 22.3 Å². The molecule has 0 saturated carbocycles. The highest BCUT2D eigenvalue weighted by Crippen LogP contribution is 2.22. The summed E-state index contributed by atoms with van der Waals surface area (Å²) in [5, 5.41) is 3.28. The molecule has 5 nitrogen and oxygen atoms in total. The largest absolute Gasteiger partial charge is 0.370 e. The molecule has 3 N–H and O–H groups in total. The van der Waals surface area contributed by atoms with Gasteiger partial charge in [0.15, 0.2) is 5.96 Å². The summed E-state index contributed by atoms with van der Waals surface area (Å²) in [5.74, 6) is 0.616. The number of nitrogens with zero attached hydrogens (tertiary/aromatic N) is 2. The van der Waals surface area contributed by atoms with Gasteiger partial charge in [0.25, 0.3) is 0 Å². The standard InChI is InChI=1S/C24H32N4O.HI/c1-3-18-11-7-12-19(4-2)23(18)27-24(25)26-15-8-13-22(29)28-16-14-20-9-5-6-10-21(20)17-28;/h5-7,9-12H,3-4,8,13-17H2,1-2H3,(H3,25,26,27);1H. The Morgan fingerprint density at radius 2 is 1.73 bits per heavy atom. The topological polar surface area (TPSA) is 70.7 Å². The van der Waals surface area contributed by atoms with Crippen molar-refractivity contribution < 1.29 is 4.79 Å². The predicted molar refractivity (Wildman–Crippen MR) is 136 cm³/mol. The van der Waals surface area contributed by atoms with Crippen LogP contribution in [-0.2, 0) is 30.6 Å². The molecule has 162 valence electrons. The fourth-order valence-corrected chi connectivity index (χ4v) is 3.87. The molecule has 0 radical (unpaired) electrons. The molecule has 6 heteroatoms. The van der Waals surface area contributed by atoms with Crippen molar-refractivity contribution in [2.24, 2.45) is 10.7 Å². The van der Waals surface area contributed by atoms with Crippen LogP contribution in [0, 0.1) is 0 Å². The van der Waals surface area contributed by atoms with Crippen LogP contribution in [0.5, 0.6) is 0 Å². The average molecular weight is 520 g/mol. The number of aryl methyl sites for hydroxylation is 2. The van der Waals surface area contributed by atoms with Crippen LogP contribution in [0.15, 0.2) is 47.5 Å². The van der Waals surface area contributed by atoms with Crippen molar-refractivity contribution in [1.29, 1.82) is 0 Å². The molecule has 0 spiro atoms. The lowest BCUT2D eigenvalue weighted by atomic mass is 9.99. The van der Waals surface area contributed by atoms with Gasteiger partial charge in [-0.25, -0.2) is 0 Å². The molecule has 0 fully saturated rings. The van der Waals surface area contributed by atoms with E-state index in [0.29, 0.717) is 25.3 Å². The van der Waals surface area contributed by atoms with Gasteiger partial charge in [-0.3, -0.25) is 9.79 Å². The number of aliphatic imine (C=N–C) groups is 1. The summed E-state index contributed by atoms with van der Waals surface area (Å²) in [7, 11) is 0. The van der Waals surface area contributed by atoms with Gasteiger partial charge >= 0.3 is 0 Å². The van der Waals surface area contributed by atoms with E-state index in [0.717, 1.165) is 38.0 Å². The van der Waals surface area contributed by atoms with Crippen molar-refractivity contribution in [2.45, 2.75) is 52.5 Å². The molecule has 30 heavy (non-hydrogen) atoms. The summed E-state index contributed by atoms with van der Waals surface area (Å²) >= 11 is 0. The van der Waals surface area contributed by atoms with Crippen molar-refractivity contribution in [2.75, 3.05) is 18.4 Å². The van der Waals surface area contributed by atoms with Crippen molar-refractivity contribution in [3.05, 3.63) is 64.7 Å². The second-order valence-corrected chi connectivity index (χ2v) is 7.49. The van der Waals surface area contributed by atoms with Crippen LogP contribution in [0.25, 0.3) is 0 Å². The molecular weight excluding hydrogens is 487 g/mol. The van der Waals surface area contributed by atoms with Crippen LogP contribution in [0.1, 0.15) is 48.9 Å². The number of nitrogens with one attached hydrogen (secondary N) is 1. The van der Waals surface area contributed by atoms with Gasteiger partial charge in [0, 0.05) is 31.7 Å². The summed E-state index contributed by atoms with van der Waals surface area (Å²) in [4.78, 5) is 18.9. The van der Waals surface area contributed by atoms with Gasteiger partial charge in [-0.1, -0.05) is 56.3 Å². The molecular formula is C24H33IN4O. The zero-order chi connectivity index (χ0) is 20.6. The molecule has 0 saturated heterocycles. The monoisotopic (exact) mass is 520 g/mol. The van der Waals surface area contributed by atoms with E-state index in [1.54, 1.807) is 0 Å². The first-order chi connectivity index (χ1) is 14.1. The van der Waals surface area contributed by atoms with Gasteiger partial charge in [0.2, 0.25) is 5.91 Å². The van der Waals surface area contributed by atoms with Gasteiger partial charge in [0.05, 0.1) is 0 Å². The average Bonchev–Trinajstić information content (AvgIpc) is 2.76. The Hall–Kier alpha value is -2.09. The maximum Gasteiger partial charge on any atom is 0.222 e. The van der Waals surface area contributed by atoms with Crippen molar-refractivity contribution in [1.82, 2.24) is 4.90 Å². The van der Waals surface area contributed by atoms with Crippen molar-refractivity contribution in [3.8, 4) is 0 Å². The number of fused-ring (bicyclic) bond motifs is 1. The third kappa shape index (κ3) is 6.20. The second kappa shape index (κ2) is 11.9. The molecule has 1 aliphatic rings. The Kier molecular flexibility index (Phi) is 9.62. The Morgan fingerprint density at radius 3 is 2.40 bits per heavy atom. The Bertz CT molecular complexity index is 859. The number of halogens is 1. The third-order valence-electron chi connectivity index (χ3n) is 5.57. The highest BCUT2D eigenvalue weighted by molar-refractivity contribution is 14.0. The number of guanidine groups is 1. The Balaban J connectivity index is 0.00000320. The quantitative estimate of drug-likeness (QED) is 0.244. The number of hydrogen-bond donors (Lipinski definition) is 2. The molecule has 0 atom stereocenters. The fourth-order valence-electron chi connectivity index (χ4n) is 3.87. The van der Waals surface area contributed by atoms with Gasteiger partial charge in [-0.05, 0) is 47.9 Å². The van der Waals surface area contributed by atoms with Crippen LogP contribution in [-0.4, -0.2) is 29.9 Å². The smallest absolute Gasteiger partial charge is 0.222 e. The maximum absolute atomic E-state index is 12.5. The van der Waals surface area contributed by atoms with Crippen LogP contribution in [0.3, 0.4) is 0 Å². The molecule has 0 aromatic heterocycles. The summed E-state index contributed by atoms with van der Waals surface area (Å²) < 4.78 is 0. The first-order valence-corrected chi connectivity index (χ1v) is 10.6. The lowest BCUT2D eigenvalue weighted by molar-refractivity contribution is -0.132. The molecule has 1 amide bonds. The second-order valence-electron chi connectivity index (χ2n) is 7.49. The van der Waals surface area contributed by atoms with Crippen molar-refractivity contribution in [3.63, 3.8) is 0 Å². The highest BCUT2D eigenvalue weighted by atomic mass is 127. The lowest BCUT2D eigenvalue weighted by Gasteiger charge is -2.28. The van der Waals surface area contributed by atoms with E-state index in [1.807, 2.05) is 11.0 Å². The van der Waals surface area contributed by atoms with E-state index in [4.69, 9.17) is 5.73 Å². The molecule has 2 aromatic carbocycles. The zero-order valence-corrected chi connectivity index (χ0v) is 20.3. The van der Waals surface area contributed by atoms with Crippen LogP contribution >= 0.6 is 24.0 Å². The van der Waals surface area contributed by atoms with Gasteiger partial charge in [-0.15, -0.1) is 24.0 Å². The van der Waals surface area contributed by atoms with Gasteiger partial charge < -0.3 is 16.0 Å². The Morgan fingerprint density at radius 1 is 1.07 bits per heavy atom. The van der Waals surface area contributed by atoms with Crippen LogP contribution in [0.2, 0.25) is 0 Å². The first-order valence-electron chi connectivity index (χ1n) is 10.6. The van der Waals surface area contributed by atoms with E-state index < -0.39 is 0 Å². The molecule has 1 heterocycles. The van der Waals surface area contributed by atoms with Gasteiger partial charge in [-0.2, -0.15) is 0 Å². The number of carbonyl (C=O) groups excluding carboxylic acids is 1. The summed E-state index contributed by atoms with van der Waals surface area (Å²) in [5.41, 5.74) is 12.3. The lowest BCUT2D eigenvalue weighted by Crippen LogP contribution is -2.35. The molecule has 0 aliphatic carbocycles. The summed E-state index contributed by atoms with van der Waals surface area (Å²) in [6.45, 7) is 6.34. The van der Waals surface area contributed by atoms with E-state index >= 15 is 0 Å². The SMILES string of the molecule is CCc1cccc(CC)c1NC(N)=NCCCC(=O)N1CCc2ccccc2C1.I. The molecule has 0 unspecified atom stereocenters. The molecule has 0 bridgehead atoms. The molecule has 3 rings (SSSR count). The van der Waals surface area contributed by atoms with E-state index in [-0.39, 0.29) is 29.9 Å². The maximum atomic E-state index is 12.5. The van der Waals surface area contributed by atoms with E-state index in [9.17, 15) is 4.79 Å². The summed E-state index contributed by atoms with van der Waals surface area (Å²) in [6, 6.07) is 14.7. The summed E-state index contributed by atoms with van der Waals surface area (Å²) in [6.07, 6.45) is 4.03. The minimum Gasteiger partial charge on any atom is -0.370 e. The number of nitrogens with two attached hydrogens (primary N) is 1.